The molecule has 0 atom stereocenters. The minimum Gasteiger partial charge on any atom is -0.388 e. The van der Waals surface area contributed by atoms with E-state index < -0.39 is 0 Å². The van der Waals surface area contributed by atoms with E-state index in [0.717, 1.165) is 43.9 Å². The van der Waals surface area contributed by atoms with Crippen LogP contribution in [0.1, 0.15) is 107 Å². The number of hydrogen-bond donors (Lipinski definition) is 2. The van der Waals surface area contributed by atoms with E-state index in [2.05, 4.69) is 84.1 Å². The number of para-hydroxylation sites is 1. The predicted octanol–water partition coefficient (Wildman–Crippen LogP) is 9.21. The van der Waals surface area contributed by atoms with Crippen molar-refractivity contribution in [1.29, 1.82) is 0 Å². The first-order valence-electron chi connectivity index (χ1n) is 15.1. The molecular weight excluding hydrogens is 462 g/mol. The van der Waals surface area contributed by atoms with E-state index in [1.54, 1.807) is 0 Å². The van der Waals surface area contributed by atoms with Gasteiger partial charge in [0, 0.05) is 36.6 Å². The quantitative estimate of drug-likeness (QED) is 0.184. The van der Waals surface area contributed by atoms with Crippen molar-refractivity contribution in [2.75, 3.05) is 18.0 Å². The average Bonchev–Trinajstić information content (AvgIpc) is 2.92. The van der Waals surface area contributed by atoms with Crippen LogP contribution in [0, 0.1) is 0 Å². The maximum Gasteiger partial charge on any atom is 0.0484 e. The third-order valence-corrected chi connectivity index (χ3v) is 7.66. The predicted molar refractivity (Wildman–Crippen MR) is 168 cm³/mol. The summed E-state index contributed by atoms with van der Waals surface area (Å²) in [6.45, 7) is 11.3. The van der Waals surface area contributed by atoms with Crippen LogP contribution in [0.4, 0.5) is 5.69 Å². The van der Waals surface area contributed by atoms with Gasteiger partial charge in [-0.05, 0) is 48.6 Å². The van der Waals surface area contributed by atoms with Crippen LogP contribution in [0.5, 0.6) is 0 Å². The Balaban J connectivity index is 1.29. The Kier molecular flexibility index (Phi) is 13.8. The van der Waals surface area contributed by atoms with Crippen LogP contribution in [0.15, 0.2) is 73.1 Å². The van der Waals surface area contributed by atoms with Crippen LogP contribution in [0.2, 0.25) is 0 Å². The number of nitrogens with two attached hydrogens (primary N) is 1. The Hall–Kier alpha value is -2.78. The van der Waals surface area contributed by atoms with E-state index in [0.29, 0.717) is 0 Å². The first kappa shape index (κ1) is 29.8. The van der Waals surface area contributed by atoms with Gasteiger partial charge in [-0.2, -0.15) is 0 Å². The lowest BCUT2D eigenvalue weighted by Gasteiger charge is -2.30. The third-order valence-electron chi connectivity index (χ3n) is 7.66. The van der Waals surface area contributed by atoms with Crippen molar-refractivity contribution in [1.82, 2.24) is 5.32 Å². The fourth-order valence-electron chi connectivity index (χ4n) is 5.29. The molecule has 3 nitrogen and oxygen atoms in total. The van der Waals surface area contributed by atoms with Gasteiger partial charge in [0.15, 0.2) is 0 Å². The van der Waals surface area contributed by atoms with Gasteiger partial charge in [0.05, 0.1) is 0 Å². The molecule has 0 saturated heterocycles. The van der Waals surface area contributed by atoms with Crippen molar-refractivity contribution in [3.63, 3.8) is 0 Å². The van der Waals surface area contributed by atoms with Gasteiger partial charge in [-0.3, -0.25) is 0 Å². The first-order chi connectivity index (χ1) is 18.7. The Morgan fingerprint density at radius 3 is 1.92 bits per heavy atom. The Labute approximate surface area is 232 Å². The second-order valence-corrected chi connectivity index (χ2v) is 10.8. The van der Waals surface area contributed by atoms with Gasteiger partial charge < -0.3 is 16.0 Å². The molecule has 3 rings (SSSR count). The number of rotatable bonds is 19. The lowest BCUT2D eigenvalue weighted by atomic mass is 10.0. The molecule has 1 aliphatic rings. The van der Waals surface area contributed by atoms with E-state index >= 15 is 0 Å². The molecule has 0 spiro atoms. The van der Waals surface area contributed by atoms with Gasteiger partial charge in [-0.1, -0.05) is 132 Å². The van der Waals surface area contributed by atoms with E-state index in [1.807, 2.05) is 0 Å². The highest BCUT2D eigenvalue weighted by atomic mass is 15.1. The van der Waals surface area contributed by atoms with Crippen molar-refractivity contribution >= 4 is 17.8 Å². The van der Waals surface area contributed by atoms with Gasteiger partial charge in [-0.25, -0.2) is 0 Å². The van der Waals surface area contributed by atoms with Crippen molar-refractivity contribution in [2.24, 2.45) is 5.73 Å². The normalized spacial score (nSPS) is 13.2. The molecule has 3 N–H and O–H groups in total. The zero-order valence-corrected chi connectivity index (χ0v) is 23.7. The largest absolute Gasteiger partial charge is 0.388 e. The van der Waals surface area contributed by atoms with E-state index in [4.69, 9.17) is 5.73 Å². The molecule has 1 aliphatic heterocycles. The van der Waals surface area contributed by atoms with Crippen LogP contribution < -0.4 is 16.0 Å². The number of anilines is 1. The van der Waals surface area contributed by atoms with Crippen LogP contribution in [0.3, 0.4) is 0 Å². The molecular formula is C35H51N3. The number of nitrogens with zero attached hydrogens (tertiary/aromatic N) is 1. The lowest BCUT2D eigenvalue weighted by Crippen LogP contribution is -2.26. The molecule has 0 aromatic heterocycles. The second kappa shape index (κ2) is 17.7. The summed E-state index contributed by atoms with van der Waals surface area (Å²) in [4.78, 5) is 2.38. The summed E-state index contributed by atoms with van der Waals surface area (Å²) >= 11 is 0. The summed E-state index contributed by atoms with van der Waals surface area (Å²) in [6, 6.07) is 17.3. The number of nitrogens with one attached hydrogen (secondary N) is 1. The fraction of sp³-hybridized carbons (Fsp3) is 0.486. The van der Waals surface area contributed by atoms with E-state index in [1.165, 1.54) is 99.4 Å². The molecule has 0 fully saturated rings. The minimum absolute atomic E-state index is 0.839. The summed E-state index contributed by atoms with van der Waals surface area (Å²) in [5.74, 6) is 0. The Morgan fingerprint density at radius 2 is 1.24 bits per heavy atom. The van der Waals surface area contributed by atoms with Gasteiger partial charge in [0.25, 0.3) is 0 Å². The average molecular weight is 514 g/mol. The van der Waals surface area contributed by atoms with Crippen LogP contribution in [0.25, 0.3) is 12.2 Å². The molecule has 0 unspecified atom stereocenters. The summed E-state index contributed by atoms with van der Waals surface area (Å²) in [6.07, 6.45) is 22.5. The number of benzene rings is 2. The fourth-order valence-corrected chi connectivity index (χ4v) is 5.29. The molecule has 0 bridgehead atoms. The topological polar surface area (TPSA) is 41.3 Å². The molecule has 3 heteroatoms. The van der Waals surface area contributed by atoms with Crippen LogP contribution in [-0.2, 0) is 6.54 Å². The van der Waals surface area contributed by atoms with Crippen LogP contribution in [-0.4, -0.2) is 13.1 Å². The smallest absolute Gasteiger partial charge is 0.0484 e. The highest BCUT2D eigenvalue weighted by molar-refractivity contribution is 5.80. The molecule has 0 radical (unpaired) electrons. The van der Waals surface area contributed by atoms with Gasteiger partial charge >= 0.3 is 0 Å². The molecule has 2 aromatic carbocycles. The maximum absolute atomic E-state index is 5.55. The SMILES string of the molecule is C=C(CCCCCCCCCCCCCCN)NCCC(=C)N1Cc2ccccc2/C=C\c2ccccc21. The first-order valence-corrected chi connectivity index (χ1v) is 15.1. The van der Waals surface area contributed by atoms with E-state index in [-0.39, 0.29) is 0 Å². The second-order valence-electron chi connectivity index (χ2n) is 10.8. The molecule has 1 heterocycles. The monoisotopic (exact) mass is 513 g/mol. The van der Waals surface area contributed by atoms with E-state index in [9.17, 15) is 0 Å². The zero-order chi connectivity index (χ0) is 26.8. The number of allylic oxidation sites excluding steroid dienone is 1. The van der Waals surface area contributed by atoms with Crippen molar-refractivity contribution in [3.05, 3.63) is 89.8 Å². The summed E-state index contributed by atoms with van der Waals surface area (Å²) in [5.41, 5.74) is 12.9. The lowest BCUT2D eigenvalue weighted by molar-refractivity contribution is 0.539. The molecule has 206 valence electrons. The highest BCUT2D eigenvalue weighted by Gasteiger charge is 2.17. The zero-order valence-electron chi connectivity index (χ0n) is 23.7. The molecule has 0 saturated carbocycles. The standard InChI is InChI=1S/C35H51N3/c1-30(19-13-11-9-7-5-3-4-6-8-10-12-18-27-36)37-28-26-31(2)38-29-34-22-15-14-20-32(34)24-25-33-21-16-17-23-35(33)38/h14-17,20-25,37H,1-13,18-19,26-29,36H2/b25-24-. The molecule has 0 amide bonds. The Bertz CT molecular complexity index is 1010. The minimum atomic E-state index is 0.839. The maximum atomic E-state index is 5.55. The van der Waals surface area contributed by atoms with Crippen molar-refractivity contribution in [3.8, 4) is 0 Å². The number of hydrogen-bond acceptors (Lipinski definition) is 3. The third kappa shape index (κ3) is 10.5. The summed E-state index contributed by atoms with van der Waals surface area (Å²) in [7, 11) is 0. The molecule has 0 aliphatic carbocycles. The number of fused-ring (bicyclic) bond motifs is 2. The van der Waals surface area contributed by atoms with Crippen LogP contribution >= 0.6 is 0 Å². The molecule has 2 aromatic rings. The molecule has 38 heavy (non-hydrogen) atoms. The van der Waals surface area contributed by atoms with Gasteiger partial charge in [-0.15, -0.1) is 0 Å². The Morgan fingerprint density at radius 1 is 0.684 bits per heavy atom. The highest BCUT2D eigenvalue weighted by Crippen LogP contribution is 2.31. The van der Waals surface area contributed by atoms with Crippen molar-refractivity contribution < 1.29 is 0 Å². The summed E-state index contributed by atoms with van der Waals surface area (Å²) < 4.78 is 0. The van der Waals surface area contributed by atoms with Crippen molar-refractivity contribution in [2.45, 2.75) is 96.4 Å². The summed E-state index contributed by atoms with van der Waals surface area (Å²) in [5, 5.41) is 3.56. The van der Waals surface area contributed by atoms with Gasteiger partial charge in [0.1, 0.15) is 0 Å². The number of unbranched alkanes of at least 4 members (excludes halogenated alkanes) is 11. The van der Waals surface area contributed by atoms with Gasteiger partial charge in [0.2, 0.25) is 0 Å².